The third-order valence-corrected chi connectivity index (χ3v) is 10.2. The van der Waals surface area contributed by atoms with Crippen LogP contribution in [0.25, 0.3) is 34.0 Å². The lowest BCUT2D eigenvalue weighted by atomic mass is 10.1. The summed E-state index contributed by atoms with van der Waals surface area (Å²) < 4.78 is 30.6. The Kier molecular flexibility index (Phi) is 12.6. The van der Waals surface area contributed by atoms with Crippen LogP contribution in [0.4, 0.5) is 15.8 Å². The van der Waals surface area contributed by atoms with Gasteiger partial charge in [-0.25, -0.2) is 9.18 Å². The summed E-state index contributed by atoms with van der Waals surface area (Å²) in [6.45, 7) is 15.3. The predicted octanol–water partition coefficient (Wildman–Crippen LogP) is 1.57. The van der Waals surface area contributed by atoms with Gasteiger partial charge < -0.3 is 42.9 Å². The van der Waals surface area contributed by atoms with E-state index in [1.165, 1.54) is 0 Å². The Morgan fingerprint density at radius 1 is 0.904 bits per heavy atom. The van der Waals surface area contributed by atoms with Crippen molar-refractivity contribution in [3.63, 3.8) is 0 Å². The van der Waals surface area contributed by atoms with Gasteiger partial charge in [0.1, 0.15) is 18.4 Å². The number of hydrogen-bond acceptors (Lipinski definition) is 9. The highest BCUT2D eigenvalue weighted by Crippen LogP contribution is 2.27. The molecule has 0 spiro atoms. The molecule has 3 aromatic heterocycles. The van der Waals surface area contributed by atoms with Gasteiger partial charge in [-0.2, -0.15) is 4.57 Å². The average molecular weight is 823 g/mol. The molecular weight excluding hydrogens is 774 g/mol. The molecule has 0 aliphatic carbocycles. The molecule has 0 bridgehead atoms. The molecule has 52 heavy (non-hydrogen) atoms. The molecule has 7 rings (SSSR count). The number of hydrogen-bond donors (Lipinski definition) is 0. The van der Waals surface area contributed by atoms with Gasteiger partial charge in [0.2, 0.25) is 11.2 Å². The van der Waals surface area contributed by atoms with Crippen molar-refractivity contribution in [2.75, 3.05) is 81.9 Å². The zero-order chi connectivity index (χ0) is 35.3. The Morgan fingerprint density at radius 2 is 1.67 bits per heavy atom. The van der Waals surface area contributed by atoms with Crippen molar-refractivity contribution >= 4 is 45.4 Å². The maximum Gasteiger partial charge on any atom is 0.343 e. The highest BCUT2D eigenvalue weighted by molar-refractivity contribution is 5.84. The third-order valence-electron chi connectivity index (χ3n) is 10.2. The number of anilines is 2. The Labute approximate surface area is 321 Å². The van der Waals surface area contributed by atoms with E-state index in [4.69, 9.17) is 9.15 Å². The third kappa shape index (κ3) is 8.64. The number of fused-ring (bicyclic) bond motifs is 2. The number of aromatic nitrogens is 4. The molecule has 5 aromatic rings. The zero-order valence-corrected chi connectivity index (χ0v) is 32.5. The molecule has 0 N–H and O–H groups in total. The van der Waals surface area contributed by atoms with E-state index >= 15 is 4.39 Å². The maximum absolute atomic E-state index is 15.5. The van der Waals surface area contributed by atoms with Gasteiger partial charge in [0.05, 0.1) is 30.2 Å². The fraction of sp³-hybridized carbons (Fsp3) is 0.436. The van der Waals surface area contributed by atoms with Crippen LogP contribution in [-0.2, 0) is 24.9 Å². The SMILES string of the molecule is CCN(CC)c1ccc2cc(/C=C/c3ccc4cc(F)c(N5CCN(Cc6cn(CCCN7CCOCC7)nn6)CC5)cc4[n+]3C)c(=O)oc2c1.[I-]. The van der Waals surface area contributed by atoms with E-state index < -0.39 is 0 Å². The first-order valence-corrected chi connectivity index (χ1v) is 18.2. The van der Waals surface area contributed by atoms with Crippen molar-refractivity contribution in [3.8, 4) is 0 Å². The number of morpholine rings is 1. The first-order chi connectivity index (χ1) is 24.9. The summed E-state index contributed by atoms with van der Waals surface area (Å²) in [6.07, 6.45) is 6.78. The average Bonchev–Trinajstić information content (AvgIpc) is 3.59. The molecule has 11 nitrogen and oxygen atoms in total. The molecule has 0 saturated carbocycles. The van der Waals surface area contributed by atoms with Crippen molar-refractivity contribution in [1.82, 2.24) is 24.8 Å². The minimum absolute atomic E-state index is 0. The van der Waals surface area contributed by atoms with Gasteiger partial charge in [-0.05, 0) is 56.7 Å². The van der Waals surface area contributed by atoms with Gasteiger partial charge in [0.15, 0.2) is 0 Å². The minimum Gasteiger partial charge on any atom is -1.00 e. The summed E-state index contributed by atoms with van der Waals surface area (Å²) in [6, 6.07) is 15.3. The molecule has 5 heterocycles. The quantitative estimate of drug-likeness (QED) is 0.106. The fourth-order valence-corrected chi connectivity index (χ4v) is 7.20. The van der Waals surface area contributed by atoms with Gasteiger partial charge in [0.25, 0.3) is 0 Å². The highest BCUT2D eigenvalue weighted by atomic mass is 127. The van der Waals surface area contributed by atoms with Crippen LogP contribution in [0.5, 0.6) is 0 Å². The zero-order valence-electron chi connectivity index (χ0n) is 30.3. The van der Waals surface area contributed by atoms with Crippen LogP contribution in [-0.4, -0.2) is 96.9 Å². The smallest absolute Gasteiger partial charge is 0.343 e. The number of piperazine rings is 1. The summed E-state index contributed by atoms with van der Waals surface area (Å²) in [5.74, 6) is -0.225. The molecule has 0 atom stereocenters. The lowest BCUT2D eigenvalue weighted by Gasteiger charge is -2.35. The summed E-state index contributed by atoms with van der Waals surface area (Å²) in [5, 5.41) is 10.5. The molecule has 2 saturated heterocycles. The van der Waals surface area contributed by atoms with E-state index in [0.717, 1.165) is 112 Å². The monoisotopic (exact) mass is 822 g/mol. The second-order valence-corrected chi connectivity index (χ2v) is 13.4. The maximum atomic E-state index is 15.5. The van der Waals surface area contributed by atoms with Crippen molar-refractivity contribution in [2.24, 2.45) is 7.05 Å². The first-order valence-electron chi connectivity index (χ1n) is 18.2. The second-order valence-electron chi connectivity index (χ2n) is 13.4. The number of benzene rings is 2. The lowest BCUT2D eigenvalue weighted by molar-refractivity contribution is -0.646. The number of nitrogens with zero attached hydrogens (tertiary/aromatic N) is 8. The first kappa shape index (κ1) is 37.8. The summed E-state index contributed by atoms with van der Waals surface area (Å²) >= 11 is 0. The molecule has 0 radical (unpaired) electrons. The van der Waals surface area contributed by atoms with Crippen molar-refractivity contribution in [3.05, 3.63) is 87.9 Å². The molecule has 2 aliphatic rings. The molecule has 2 fully saturated rings. The standard InChI is InChI=1S/C39H48FN8O3.HI/c1-4-46(5-2)34-12-8-30-23-31(39(49)51-38(30)25-34)9-11-33-10-7-29-24-35(40)37(26-36(29)43(33)3)47-17-15-45(16-18-47)27-32-28-48(42-41-32)14-6-13-44-19-21-50-22-20-44;/h7-12,23-26,28H,4-6,13-22,27H2,1-3H3;1H/q+1;/p-1. The Balaban J connectivity index is 0.00000464. The van der Waals surface area contributed by atoms with Crippen LogP contribution < -0.4 is 44.0 Å². The summed E-state index contributed by atoms with van der Waals surface area (Å²) in [4.78, 5) is 22.1. The highest BCUT2D eigenvalue weighted by Gasteiger charge is 2.23. The van der Waals surface area contributed by atoms with Crippen LogP contribution >= 0.6 is 0 Å². The van der Waals surface area contributed by atoms with Gasteiger partial charge in [-0.15, -0.1) is 5.10 Å². The largest absolute Gasteiger partial charge is 1.00 e. The minimum atomic E-state index is -0.383. The Hall–Kier alpha value is -3.92. The van der Waals surface area contributed by atoms with Crippen LogP contribution in [0.15, 0.2) is 63.9 Å². The Bertz CT molecular complexity index is 2070. The molecule has 276 valence electrons. The molecule has 13 heteroatoms. The second kappa shape index (κ2) is 17.3. The predicted molar refractivity (Wildman–Crippen MR) is 199 cm³/mol. The van der Waals surface area contributed by atoms with Crippen LogP contribution in [0.3, 0.4) is 0 Å². The van der Waals surface area contributed by atoms with E-state index in [-0.39, 0.29) is 35.4 Å². The molecule has 0 amide bonds. The van der Waals surface area contributed by atoms with Gasteiger partial charge in [-0.1, -0.05) is 5.21 Å². The van der Waals surface area contributed by atoms with Gasteiger partial charge in [0, 0.05) is 119 Å². The normalized spacial score (nSPS) is 15.9. The number of halogens is 2. The van der Waals surface area contributed by atoms with E-state index in [0.29, 0.717) is 29.9 Å². The molecule has 2 aliphatic heterocycles. The van der Waals surface area contributed by atoms with E-state index in [1.807, 2.05) is 58.8 Å². The number of rotatable bonds is 12. The molecule has 2 aromatic carbocycles. The topological polar surface area (TPSA) is 87.0 Å². The van der Waals surface area contributed by atoms with Crippen LogP contribution in [0, 0.1) is 5.82 Å². The summed E-state index contributed by atoms with van der Waals surface area (Å²) in [5.41, 5.74) is 5.06. The lowest BCUT2D eigenvalue weighted by Crippen LogP contribution is -3.00. The summed E-state index contributed by atoms with van der Waals surface area (Å²) in [7, 11) is 1.97. The number of pyridine rings is 1. The number of ether oxygens (including phenoxy) is 1. The number of aryl methyl sites for hydroxylation is 2. The van der Waals surface area contributed by atoms with Gasteiger partial charge in [-0.3, -0.25) is 14.5 Å². The van der Waals surface area contributed by atoms with Crippen LogP contribution in [0.1, 0.15) is 37.2 Å². The van der Waals surface area contributed by atoms with Crippen molar-refractivity contribution in [1.29, 1.82) is 0 Å². The van der Waals surface area contributed by atoms with Crippen LogP contribution in [0.2, 0.25) is 0 Å². The van der Waals surface area contributed by atoms with Crippen molar-refractivity contribution < 1.29 is 42.1 Å². The Morgan fingerprint density at radius 3 is 2.44 bits per heavy atom. The molecular formula is C39H48FIN8O3. The van der Waals surface area contributed by atoms with Gasteiger partial charge >= 0.3 is 5.63 Å². The van der Waals surface area contributed by atoms with Crippen molar-refractivity contribution in [2.45, 2.75) is 33.4 Å². The van der Waals surface area contributed by atoms with E-state index in [1.54, 1.807) is 12.1 Å². The van der Waals surface area contributed by atoms with E-state index in [2.05, 4.69) is 56.0 Å². The fourth-order valence-electron chi connectivity index (χ4n) is 7.20. The molecule has 0 unspecified atom stereocenters. The van der Waals surface area contributed by atoms with E-state index in [9.17, 15) is 4.79 Å².